The molecule has 0 radical (unpaired) electrons. The van der Waals surface area contributed by atoms with Crippen molar-refractivity contribution in [3.05, 3.63) is 240 Å². The predicted molar refractivity (Wildman–Crippen MR) is 291 cm³/mol. The van der Waals surface area contributed by atoms with E-state index in [1.165, 1.54) is 0 Å². The topological polar surface area (TPSA) is 153 Å². The minimum atomic E-state index is 0.413. The fraction of sp³-hybridized carbons (Fsp3) is 0. The van der Waals surface area contributed by atoms with Crippen LogP contribution in [0, 0.1) is 68.0 Å². The van der Waals surface area contributed by atoms with Crippen molar-refractivity contribution in [1.82, 2.24) is 9.13 Å². The third-order valence-electron chi connectivity index (χ3n) is 14.0. The molecule has 0 unspecified atom stereocenters. The maximum Gasteiger partial charge on any atom is 0.0998 e. The fourth-order valence-corrected chi connectivity index (χ4v) is 10.3. The van der Waals surface area contributed by atoms with Crippen molar-refractivity contribution in [1.29, 1.82) is 31.6 Å². The first-order valence-electron chi connectivity index (χ1n) is 23.6. The summed E-state index contributed by atoms with van der Waals surface area (Å²) in [5, 5.41) is 63.5. The lowest BCUT2D eigenvalue weighted by Gasteiger charge is -2.15. The molecule has 8 heteroatoms. The quantitative estimate of drug-likeness (QED) is 0.155. The lowest BCUT2D eigenvalue weighted by molar-refractivity contribution is 1.17. The molecule has 12 aromatic rings. The van der Waals surface area contributed by atoms with Gasteiger partial charge in [-0.2, -0.15) is 31.6 Å². The van der Waals surface area contributed by atoms with Gasteiger partial charge in [-0.1, -0.05) is 72.8 Å². The Balaban J connectivity index is 1.04. The van der Waals surface area contributed by atoms with Crippen molar-refractivity contribution in [3.63, 3.8) is 0 Å². The molecule has 0 bridgehead atoms. The zero-order valence-corrected chi connectivity index (χ0v) is 39.2. The van der Waals surface area contributed by atoms with Crippen LogP contribution in [-0.2, 0) is 0 Å². The van der Waals surface area contributed by atoms with Gasteiger partial charge in [0, 0.05) is 44.0 Å². The Kier molecular flexibility index (Phi) is 10.7. The van der Waals surface area contributed by atoms with Gasteiger partial charge in [0.1, 0.15) is 0 Å². The van der Waals surface area contributed by atoms with E-state index in [9.17, 15) is 31.6 Å². The van der Waals surface area contributed by atoms with Crippen molar-refractivity contribution in [2.75, 3.05) is 0 Å². The van der Waals surface area contributed by atoms with Gasteiger partial charge in [-0.25, -0.2) is 0 Å². The molecule has 0 fully saturated rings. The van der Waals surface area contributed by atoms with Gasteiger partial charge in [-0.15, -0.1) is 0 Å². The van der Waals surface area contributed by atoms with E-state index in [4.69, 9.17) is 0 Å². The Labute approximate surface area is 425 Å². The maximum atomic E-state index is 10.8. The number of fused-ring (bicyclic) bond motifs is 6. The van der Waals surface area contributed by atoms with E-state index < -0.39 is 0 Å². The number of aromatic nitrogens is 2. The van der Waals surface area contributed by atoms with Crippen LogP contribution in [0.4, 0.5) is 0 Å². The van der Waals surface area contributed by atoms with Gasteiger partial charge in [0.25, 0.3) is 0 Å². The Morgan fingerprint density at radius 2 is 0.473 bits per heavy atom. The van der Waals surface area contributed by atoms with Crippen LogP contribution in [0.3, 0.4) is 0 Å². The van der Waals surface area contributed by atoms with Gasteiger partial charge < -0.3 is 9.13 Å². The van der Waals surface area contributed by atoms with Crippen LogP contribution in [0.5, 0.6) is 0 Å². The number of nitriles is 6. The SMILES string of the molecule is N#Cc1ccc(-c2ccc3c(c2)c2cc(-c4ccc(C#N)cc4)ccc2n3-c2ccc(C#N)c(-c3cc(-n4c5ccc(-c6ccc(C#N)cc6)cc5c5cc(-c6ccc(C#N)cc6)ccc54)ccc3C#N)c2)cc1. The van der Waals surface area contributed by atoms with Crippen molar-refractivity contribution < 1.29 is 0 Å². The minimum Gasteiger partial charge on any atom is -0.309 e. The molecule has 0 atom stereocenters. The van der Waals surface area contributed by atoms with E-state index >= 15 is 0 Å². The number of hydrogen-bond acceptors (Lipinski definition) is 6. The molecule has 0 saturated heterocycles. The molecule has 0 aliphatic rings. The third-order valence-corrected chi connectivity index (χ3v) is 14.0. The van der Waals surface area contributed by atoms with Crippen LogP contribution in [0.2, 0.25) is 0 Å². The van der Waals surface area contributed by atoms with Crippen LogP contribution in [0.1, 0.15) is 33.4 Å². The molecule has 0 N–H and O–H groups in total. The van der Waals surface area contributed by atoms with Crippen LogP contribution < -0.4 is 0 Å². The van der Waals surface area contributed by atoms with Gasteiger partial charge in [0.05, 0.1) is 91.9 Å². The third kappa shape index (κ3) is 7.44. The van der Waals surface area contributed by atoms with Crippen LogP contribution >= 0.6 is 0 Å². The van der Waals surface area contributed by atoms with Crippen LogP contribution in [0.15, 0.2) is 206 Å². The van der Waals surface area contributed by atoms with Crippen molar-refractivity contribution >= 4 is 43.6 Å². The second kappa shape index (κ2) is 17.9. The number of benzene rings is 10. The molecule has 2 aromatic heterocycles. The van der Waals surface area contributed by atoms with Gasteiger partial charge in [0.15, 0.2) is 0 Å². The monoisotopic (exact) mass is 938 g/mol. The smallest absolute Gasteiger partial charge is 0.0998 e. The molecule has 0 spiro atoms. The molecule has 338 valence electrons. The van der Waals surface area contributed by atoms with E-state index in [1.807, 2.05) is 133 Å². The Morgan fingerprint density at radius 3 is 0.703 bits per heavy atom. The van der Waals surface area contributed by atoms with Gasteiger partial charge >= 0.3 is 0 Å². The molecule has 2 heterocycles. The normalized spacial score (nSPS) is 10.9. The molecule has 0 saturated carbocycles. The number of rotatable bonds is 7. The standard InChI is InChI=1S/C66H34N8/c67-35-41-1-9-45(10-2-41)49-19-25-63-59(29-49)60-30-50(46-11-3-42(36-68)4-12-46)20-26-64(60)73(63)55-23-17-53(39-71)57(33-55)58-34-56(24-18-54(58)40-72)74-65-27-21-51(47-13-5-43(37-69)6-14-47)31-61(65)62-32-52(22-28-66(62)74)48-15-7-44(38-70)8-16-48/h1-34H. The summed E-state index contributed by atoms with van der Waals surface area (Å²) in [7, 11) is 0. The van der Waals surface area contributed by atoms with Crippen LogP contribution in [0.25, 0.3) is 111 Å². The summed E-state index contributed by atoms with van der Waals surface area (Å²) in [5.74, 6) is 0. The molecule has 12 rings (SSSR count). The lowest BCUT2D eigenvalue weighted by Crippen LogP contribution is -1.99. The van der Waals surface area contributed by atoms with Gasteiger partial charge in [-0.05, 0) is 178 Å². The minimum absolute atomic E-state index is 0.413. The van der Waals surface area contributed by atoms with E-state index in [1.54, 1.807) is 0 Å². The second-order valence-electron chi connectivity index (χ2n) is 18.0. The molecular formula is C66H34N8. The van der Waals surface area contributed by atoms with Crippen molar-refractivity contribution in [2.45, 2.75) is 0 Å². The molecule has 0 aliphatic heterocycles. The zero-order chi connectivity index (χ0) is 50.5. The highest BCUT2D eigenvalue weighted by Crippen LogP contribution is 2.42. The molecule has 74 heavy (non-hydrogen) atoms. The fourth-order valence-electron chi connectivity index (χ4n) is 10.3. The predicted octanol–water partition coefficient (Wildman–Crippen LogP) is 15.4. The Hall–Kier alpha value is -11.3. The van der Waals surface area contributed by atoms with Crippen LogP contribution in [-0.4, -0.2) is 9.13 Å². The lowest BCUT2D eigenvalue weighted by atomic mass is 9.95. The molecule has 8 nitrogen and oxygen atoms in total. The highest BCUT2D eigenvalue weighted by molar-refractivity contribution is 6.13. The first-order chi connectivity index (χ1) is 36.4. The molecule has 10 aromatic carbocycles. The highest BCUT2D eigenvalue weighted by Gasteiger charge is 2.21. The molecular weight excluding hydrogens is 905 g/mol. The first kappa shape index (κ1) is 44.0. The summed E-state index contributed by atoms with van der Waals surface area (Å²) >= 11 is 0. The largest absolute Gasteiger partial charge is 0.309 e. The second-order valence-corrected chi connectivity index (χ2v) is 18.0. The van der Waals surface area contributed by atoms with E-state index in [-0.39, 0.29) is 0 Å². The van der Waals surface area contributed by atoms with E-state index in [0.717, 1.165) is 99.5 Å². The highest BCUT2D eigenvalue weighted by atomic mass is 15.0. The summed E-state index contributed by atoms with van der Waals surface area (Å²) < 4.78 is 4.39. The Bertz CT molecular complexity index is 4040. The van der Waals surface area contributed by atoms with Gasteiger partial charge in [0.2, 0.25) is 0 Å². The summed E-state index contributed by atoms with van der Waals surface area (Å²) in [5.41, 5.74) is 17.6. The Morgan fingerprint density at radius 1 is 0.230 bits per heavy atom. The van der Waals surface area contributed by atoms with Crippen molar-refractivity contribution in [2.24, 2.45) is 0 Å². The zero-order valence-electron chi connectivity index (χ0n) is 39.2. The summed E-state index contributed by atoms with van der Waals surface area (Å²) in [6.45, 7) is 0. The summed E-state index contributed by atoms with van der Waals surface area (Å²) in [4.78, 5) is 0. The number of hydrogen-bond donors (Lipinski definition) is 0. The summed E-state index contributed by atoms with van der Waals surface area (Å²) in [6, 6.07) is 80.9. The first-order valence-corrected chi connectivity index (χ1v) is 23.6. The van der Waals surface area contributed by atoms with Gasteiger partial charge in [-0.3, -0.25) is 0 Å². The van der Waals surface area contributed by atoms with Crippen molar-refractivity contribution in [3.8, 4) is 103 Å². The summed E-state index contributed by atoms with van der Waals surface area (Å²) in [6.07, 6.45) is 0. The number of nitrogens with zero attached hydrogens (tertiary/aromatic N) is 8. The average Bonchev–Trinajstić information content (AvgIpc) is 3.99. The maximum absolute atomic E-state index is 10.8. The average molecular weight is 939 g/mol. The molecule has 0 aliphatic carbocycles. The van der Waals surface area contributed by atoms with E-state index in [0.29, 0.717) is 44.5 Å². The molecule has 0 amide bonds. The van der Waals surface area contributed by atoms with E-state index in [2.05, 4.69) is 118 Å².